The quantitative estimate of drug-likeness (QED) is 0.877. The third-order valence-corrected chi connectivity index (χ3v) is 4.51. The van der Waals surface area contributed by atoms with E-state index >= 15 is 0 Å². The van der Waals surface area contributed by atoms with Crippen LogP contribution in [0.1, 0.15) is 22.3 Å². The molecule has 0 aromatic heterocycles. The lowest BCUT2D eigenvalue weighted by Gasteiger charge is -2.36. The van der Waals surface area contributed by atoms with Crippen molar-refractivity contribution in [2.75, 3.05) is 13.1 Å². The number of nitrogens with one attached hydrogen (secondary N) is 1. The van der Waals surface area contributed by atoms with Crippen molar-refractivity contribution in [1.82, 2.24) is 10.2 Å². The lowest BCUT2D eigenvalue weighted by Crippen LogP contribution is -2.55. The molecule has 1 fully saturated rings. The highest BCUT2D eigenvalue weighted by atomic mass is 19.1. The number of benzene rings is 2. The van der Waals surface area contributed by atoms with Crippen molar-refractivity contribution >= 4 is 11.8 Å². The van der Waals surface area contributed by atoms with Crippen molar-refractivity contribution in [2.45, 2.75) is 25.0 Å². The van der Waals surface area contributed by atoms with Gasteiger partial charge in [-0.15, -0.1) is 0 Å². The van der Waals surface area contributed by atoms with Crippen LogP contribution in [-0.4, -0.2) is 47.1 Å². The van der Waals surface area contributed by atoms with Gasteiger partial charge in [-0.1, -0.05) is 30.3 Å². The molecular formula is C20H21FN2O3. The second-order valence-electron chi connectivity index (χ2n) is 6.45. The molecule has 5 nitrogen and oxygen atoms in total. The summed E-state index contributed by atoms with van der Waals surface area (Å²) in [6, 6.07) is 14.3. The summed E-state index contributed by atoms with van der Waals surface area (Å²) < 4.78 is 12.9. The Hall–Kier alpha value is -2.73. The van der Waals surface area contributed by atoms with Gasteiger partial charge in [-0.3, -0.25) is 9.59 Å². The molecule has 1 saturated heterocycles. The van der Waals surface area contributed by atoms with E-state index in [-0.39, 0.29) is 30.6 Å². The molecule has 26 heavy (non-hydrogen) atoms. The predicted octanol–water partition coefficient (Wildman–Crippen LogP) is 1.76. The van der Waals surface area contributed by atoms with E-state index in [0.29, 0.717) is 24.1 Å². The molecule has 0 bridgehead atoms. The Balaban J connectivity index is 1.53. The first-order valence-corrected chi connectivity index (χ1v) is 8.59. The van der Waals surface area contributed by atoms with Crippen molar-refractivity contribution in [1.29, 1.82) is 0 Å². The lowest BCUT2D eigenvalue weighted by atomic mass is 10.00. The maximum absolute atomic E-state index is 12.9. The van der Waals surface area contributed by atoms with Crippen molar-refractivity contribution in [2.24, 2.45) is 0 Å². The number of rotatable bonds is 4. The van der Waals surface area contributed by atoms with Gasteiger partial charge in [0.15, 0.2) is 0 Å². The van der Waals surface area contributed by atoms with E-state index in [1.165, 1.54) is 12.1 Å². The van der Waals surface area contributed by atoms with Gasteiger partial charge in [0.05, 0.1) is 18.6 Å². The summed E-state index contributed by atoms with van der Waals surface area (Å²) in [5.41, 5.74) is 1.29. The van der Waals surface area contributed by atoms with Crippen molar-refractivity contribution in [3.63, 3.8) is 0 Å². The van der Waals surface area contributed by atoms with Gasteiger partial charge in [0.2, 0.25) is 5.91 Å². The molecule has 6 heteroatoms. The fourth-order valence-corrected chi connectivity index (χ4v) is 3.09. The topological polar surface area (TPSA) is 69.6 Å². The first-order chi connectivity index (χ1) is 12.5. The summed E-state index contributed by atoms with van der Waals surface area (Å²) in [5.74, 6) is -0.704. The highest BCUT2D eigenvalue weighted by Gasteiger charge is 2.31. The second-order valence-corrected chi connectivity index (χ2v) is 6.45. The Bertz CT molecular complexity index is 764. The first-order valence-electron chi connectivity index (χ1n) is 8.59. The van der Waals surface area contributed by atoms with Gasteiger partial charge >= 0.3 is 0 Å². The smallest absolute Gasteiger partial charge is 0.253 e. The van der Waals surface area contributed by atoms with Crippen molar-refractivity contribution < 1.29 is 19.1 Å². The van der Waals surface area contributed by atoms with E-state index in [9.17, 15) is 19.1 Å². The maximum atomic E-state index is 12.9. The molecule has 2 atom stereocenters. The number of halogens is 1. The van der Waals surface area contributed by atoms with E-state index in [0.717, 1.165) is 0 Å². The van der Waals surface area contributed by atoms with Gasteiger partial charge in [-0.25, -0.2) is 4.39 Å². The highest BCUT2D eigenvalue weighted by Crippen LogP contribution is 2.15. The summed E-state index contributed by atoms with van der Waals surface area (Å²) in [7, 11) is 0. The van der Waals surface area contributed by atoms with E-state index in [1.54, 1.807) is 41.3 Å². The van der Waals surface area contributed by atoms with Crippen LogP contribution < -0.4 is 5.32 Å². The zero-order chi connectivity index (χ0) is 18.5. The molecule has 2 N–H and O–H groups in total. The molecule has 1 aliphatic rings. The van der Waals surface area contributed by atoms with Crippen LogP contribution in [0.3, 0.4) is 0 Å². The number of carbonyl (C=O) groups is 2. The Morgan fingerprint density at radius 2 is 1.81 bits per heavy atom. The van der Waals surface area contributed by atoms with E-state index < -0.39 is 12.1 Å². The number of aliphatic hydroxyl groups is 1. The predicted molar refractivity (Wildman–Crippen MR) is 95.0 cm³/mol. The molecule has 2 aromatic rings. The molecule has 1 aliphatic heterocycles. The zero-order valence-corrected chi connectivity index (χ0v) is 14.3. The second kappa shape index (κ2) is 8.10. The molecule has 136 valence electrons. The Kier molecular flexibility index (Phi) is 5.63. The third-order valence-electron chi connectivity index (χ3n) is 4.51. The molecule has 2 aromatic carbocycles. The van der Waals surface area contributed by atoms with Gasteiger partial charge in [0.25, 0.3) is 5.91 Å². The lowest BCUT2D eigenvalue weighted by molar-refractivity contribution is -0.122. The normalized spacial score (nSPS) is 19.8. The molecule has 0 radical (unpaired) electrons. The molecule has 0 saturated carbocycles. The van der Waals surface area contributed by atoms with Gasteiger partial charge < -0.3 is 15.3 Å². The van der Waals surface area contributed by atoms with Crippen LogP contribution in [-0.2, 0) is 11.2 Å². The summed E-state index contributed by atoms with van der Waals surface area (Å²) in [5, 5.41) is 13.1. The van der Waals surface area contributed by atoms with Crippen LogP contribution in [0.4, 0.5) is 4.39 Å². The Labute approximate surface area is 151 Å². The fourth-order valence-electron chi connectivity index (χ4n) is 3.09. The number of hydrogen-bond acceptors (Lipinski definition) is 3. The van der Waals surface area contributed by atoms with Gasteiger partial charge in [-0.2, -0.15) is 0 Å². The number of nitrogens with zero attached hydrogens (tertiary/aromatic N) is 1. The van der Waals surface area contributed by atoms with Crippen LogP contribution in [0.5, 0.6) is 0 Å². The average molecular weight is 356 g/mol. The van der Waals surface area contributed by atoms with Crippen molar-refractivity contribution in [3.05, 3.63) is 71.5 Å². The number of hydrogen-bond donors (Lipinski definition) is 2. The Morgan fingerprint density at radius 1 is 1.12 bits per heavy atom. The minimum atomic E-state index is -0.825. The molecule has 3 rings (SSSR count). The van der Waals surface area contributed by atoms with E-state index in [2.05, 4.69) is 5.32 Å². The van der Waals surface area contributed by atoms with E-state index in [4.69, 9.17) is 0 Å². The fraction of sp³-hybridized carbons (Fsp3) is 0.300. The molecule has 0 aliphatic carbocycles. The summed E-state index contributed by atoms with van der Waals surface area (Å²) in [6.07, 6.45) is -0.223. The van der Waals surface area contributed by atoms with E-state index in [1.807, 2.05) is 6.07 Å². The number of carbonyl (C=O) groups excluding carboxylic acids is 2. The third kappa shape index (κ3) is 4.46. The van der Waals surface area contributed by atoms with Gasteiger partial charge in [-0.05, 0) is 36.2 Å². The molecule has 0 spiro atoms. The number of likely N-dealkylation sites (tertiary alicyclic amines) is 1. The summed E-state index contributed by atoms with van der Waals surface area (Å²) in [6.45, 7) is 0.640. The van der Waals surface area contributed by atoms with Crippen LogP contribution in [0.25, 0.3) is 0 Å². The zero-order valence-electron chi connectivity index (χ0n) is 14.3. The largest absolute Gasteiger partial charge is 0.389 e. The summed E-state index contributed by atoms with van der Waals surface area (Å²) in [4.78, 5) is 26.2. The SMILES string of the molecule is O=C(Cc1ccc(F)cc1)N[C@@H]1CCN(C(=O)c2ccccc2)C[C@H]1O. The monoisotopic (exact) mass is 356 g/mol. The van der Waals surface area contributed by atoms with Crippen LogP contribution in [0, 0.1) is 5.82 Å². The van der Waals surface area contributed by atoms with Crippen molar-refractivity contribution in [3.8, 4) is 0 Å². The number of piperidine rings is 1. The number of β-amino-alcohol motifs (C(OH)–C–C–N with tert-alkyl or cyclic N) is 1. The number of aliphatic hydroxyl groups excluding tert-OH is 1. The molecule has 0 unspecified atom stereocenters. The minimum absolute atomic E-state index is 0.121. The molecule has 2 amide bonds. The first kappa shape index (κ1) is 18.1. The highest BCUT2D eigenvalue weighted by molar-refractivity contribution is 5.94. The van der Waals surface area contributed by atoms with Crippen LogP contribution in [0.15, 0.2) is 54.6 Å². The number of amides is 2. The van der Waals surface area contributed by atoms with Gasteiger partial charge in [0.1, 0.15) is 5.82 Å². The Morgan fingerprint density at radius 3 is 2.46 bits per heavy atom. The maximum Gasteiger partial charge on any atom is 0.253 e. The van der Waals surface area contributed by atoms with Gasteiger partial charge in [0, 0.05) is 18.7 Å². The average Bonchev–Trinajstić information content (AvgIpc) is 2.65. The van der Waals surface area contributed by atoms with Crippen LogP contribution >= 0.6 is 0 Å². The molecular weight excluding hydrogens is 335 g/mol. The standard InChI is InChI=1S/C20H21FN2O3/c21-16-8-6-14(7-9-16)12-19(25)22-17-10-11-23(13-18(17)24)20(26)15-4-2-1-3-5-15/h1-9,17-18,24H,10-13H2,(H,22,25)/t17-,18-/m1/s1. The summed E-state index contributed by atoms with van der Waals surface area (Å²) >= 11 is 0. The van der Waals surface area contributed by atoms with Crippen LogP contribution in [0.2, 0.25) is 0 Å². The minimum Gasteiger partial charge on any atom is -0.389 e. The molecule has 1 heterocycles.